The van der Waals surface area contributed by atoms with Crippen LogP contribution in [0.5, 0.6) is 0 Å². The first kappa shape index (κ1) is 15.3. The average molecular weight is 266 g/mol. The first-order valence-electron chi connectivity index (χ1n) is 6.24. The van der Waals surface area contributed by atoms with Gasteiger partial charge in [-0.05, 0) is 33.1 Å². The lowest BCUT2D eigenvalue weighted by atomic mass is 9.84. The molecule has 0 bridgehead atoms. The summed E-state index contributed by atoms with van der Waals surface area (Å²) in [6.07, 6.45) is -2.91. The Labute approximate surface area is 105 Å². The molecule has 0 aliphatic heterocycles. The van der Waals surface area contributed by atoms with Crippen LogP contribution in [0.2, 0.25) is 0 Å². The van der Waals surface area contributed by atoms with E-state index in [2.05, 4.69) is 5.32 Å². The Morgan fingerprint density at radius 3 is 2.44 bits per heavy atom. The summed E-state index contributed by atoms with van der Waals surface area (Å²) in [5, 5.41) is 2.69. The second kappa shape index (κ2) is 5.47. The third-order valence-electron chi connectivity index (χ3n) is 3.60. The van der Waals surface area contributed by atoms with Gasteiger partial charge in [0.05, 0.1) is 11.3 Å². The molecular formula is C12H21F3N2O. The van der Waals surface area contributed by atoms with Crippen LogP contribution in [0.4, 0.5) is 13.2 Å². The predicted octanol–water partition coefficient (Wildman–Crippen LogP) is 2.21. The predicted molar refractivity (Wildman–Crippen MR) is 62.8 cm³/mol. The molecule has 0 heterocycles. The summed E-state index contributed by atoms with van der Waals surface area (Å²) >= 11 is 0. The summed E-state index contributed by atoms with van der Waals surface area (Å²) in [6.45, 7) is 3.55. The number of hydrogen-bond acceptors (Lipinski definition) is 2. The Hall–Kier alpha value is -0.780. The van der Waals surface area contributed by atoms with Crippen molar-refractivity contribution in [2.75, 3.05) is 6.54 Å². The van der Waals surface area contributed by atoms with Crippen LogP contribution < -0.4 is 11.1 Å². The third-order valence-corrected chi connectivity index (χ3v) is 3.60. The molecule has 106 valence electrons. The van der Waals surface area contributed by atoms with Gasteiger partial charge in [0.15, 0.2) is 0 Å². The van der Waals surface area contributed by atoms with Crippen molar-refractivity contribution >= 4 is 5.91 Å². The van der Waals surface area contributed by atoms with E-state index in [0.29, 0.717) is 12.8 Å². The number of nitrogens with one attached hydrogen (secondary N) is 1. The second-order valence-corrected chi connectivity index (χ2v) is 5.66. The van der Waals surface area contributed by atoms with E-state index in [1.807, 2.05) is 0 Å². The van der Waals surface area contributed by atoms with Crippen molar-refractivity contribution in [3.63, 3.8) is 0 Å². The van der Waals surface area contributed by atoms with Crippen molar-refractivity contribution in [1.29, 1.82) is 0 Å². The third kappa shape index (κ3) is 3.86. The lowest BCUT2D eigenvalue weighted by Crippen LogP contribution is -2.48. The highest BCUT2D eigenvalue weighted by Gasteiger charge is 2.42. The van der Waals surface area contributed by atoms with E-state index in [9.17, 15) is 18.0 Å². The fourth-order valence-corrected chi connectivity index (χ4v) is 2.09. The molecule has 0 aromatic heterocycles. The Morgan fingerprint density at radius 2 is 1.94 bits per heavy atom. The summed E-state index contributed by atoms with van der Waals surface area (Å²) in [5.41, 5.74) is 4.74. The molecule has 0 aromatic rings. The van der Waals surface area contributed by atoms with Crippen molar-refractivity contribution in [3.8, 4) is 0 Å². The van der Waals surface area contributed by atoms with Gasteiger partial charge in [0.2, 0.25) is 5.91 Å². The highest BCUT2D eigenvalue weighted by molar-refractivity contribution is 5.82. The summed E-state index contributed by atoms with van der Waals surface area (Å²) in [4.78, 5) is 11.8. The first-order valence-corrected chi connectivity index (χ1v) is 6.24. The van der Waals surface area contributed by atoms with Crippen LogP contribution in [0.25, 0.3) is 0 Å². The van der Waals surface area contributed by atoms with Crippen LogP contribution in [0.3, 0.4) is 0 Å². The van der Waals surface area contributed by atoms with Gasteiger partial charge in [-0.25, -0.2) is 0 Å². The summed E-state index contributed by atoms with van der Waals surface area (Å²) in [6, 6.07) is -0.385. The van der Waals surface area contributed by atoms with Gasteiger partial charge in [-0.2, -0.15) is 13.2 Å². The SMILES string of the molecule is CC(C)(CN)C(=O)NC1CCCC(C(F)(F)F)C1. The van der Waals surface area contributed by atoms with Crippen LogP contribution in [-0.4, -0.2) is 24.7 Å². The molecule has 6 heteroatoms. The molecule has 2 atom stereocenters. The molecule has 0 aromatic carbocycles. The van der Waals surface area contributed by atoms with Gasteiger partial charge in [0.25, 0.3) is 0 Å². The van der Waals surface area contributed by atoms with Crippen LogP contribution in [-0.2, 0) is 4.79 Å². The van der Waals surface area contributed by atoms with Gasteiger partial charge in [0.1, 0.15) is 0 Å². The minimum Gasteiger partial charge on any atom is -0.353 e. The zero-order valence-electron chi connectivity index (χ0n) is 10.8. The lowest BCUT2D eigenvalue weighted by Gasteiger charge is -2.33. The number of amides is 1. The topological polar surface area (TPSA) is 55.1 Å². The molecule has 0 saturated heterocycles. The largest absolute Gasteiger partial charge is 0.391 e. The molecule has 18 heavy (non-hydrogen) atoms. The molecule has 1 fully saturated rings. The van der Waals surface area contributed by atoms with Crippen LogP contribution in [0, 0.1) is 11.3 Å². The first-order chi connectivity index (χ1) is 8.16. The van der Waals surface area contributed by atoms with E-state index >= 15 is 0 Å². The van der Waals surface area contributed by atoms with Crippen molar-refractivity contribution in [3.05, 3.63) is 0 Å². The molecule has 1 aliphatic carbocycles. The fourth-order valence-electron chi connectivity index (χ4n) is 2.09. The standard InChI is InChI=1S/C12H21F3N2O/c1-11(2,7-16)10(18)17-9-5-3-4-8(6-9)12(13,14)15/h8-9H,3-7,16H2,1-2H3,(H,17,18). The van der Waals surface area contributed by atoms with Gasteiger partial charge < -0.3 is 11.1 Å². The van der Waals surface area contributed by atoms with Gasteiger partial charge in [-0.15, -0.1) is 0 Å². The second-order valence-electron chi connectivity index (χ2n) is 5.66. The Bertz CT molecular complexity index is 302. The monoisotopic (exact) mass is 266 g/mol. The normalized spacial score (nSPS) is 25.9. The molecule has 0 spiro atoms. The molecular weight excluding hydrogens is 245 g/mol. The number of rotatable bonds is 3. The molecule has 1 saturated carbocycles. The summed E-state index contributed by atoms with van der Waals surface area (Å²) in [5.74, 6) is -1.56. The number of carbonyl (C=O) groups is 1. The zero-order chi connectivity index (χ0) is 14.0. The Morgan fingerprint density at radius 1 is 1.33 bits per heavy atom. The highest BCUT2D eigenvalue weighted by Crippen LogP contribution is 2.37. The van der Waals surface area contributed by atoms with Gasteiger partial charge in [-0.1, -0.05) is 6.42 Å². The maximum absolute atomic E-state index is 12.6. The zero-order valence-corrected chi connectivity index (χ0v) is 10.8. The maximum atomic E-state index is 12.6. The Balaban J connectivity index is 2.56. The number of alkyl halides is 3. The van der Waals surface area contributed by atoms with Gasteiger partial charge in [-0.3, -0.25) is 4.79 Å². The van der Waals surface area contributed by atoms with E-state index in [-0.39, 0.29) is 31.3 Å². The van der Waals surface area contributed by atoms with E-state index in [1.165, 1.54) is 0 Å². The van der Waals surface area contributed by atoms with Gasteiger partial charge in [0, 0.05) is 12.6 Å². The van der Waals surface area contributed by atoms with E-state index in [4.69, 9.17) is 5.73 Å². The number of nitrogens with two attached hydrogens (primary N) is 1. The molecule has 2 unspecified atom stereocenters. The minimum atomic E-state index is -4.16. The van der Waals surface area contributed by atoms with Crippen molar-refractivity contribution in [2.24, 2.45) is 17.1 Å². The fraction of sp³-hybridized carbons (Fsp3) is 0.917. The lowest BCUT2D eigenvalue weighted by molar-refractivity contribution is -0.184. The molecule has 1 aliphatic rings. The van der Waals surface area contributed by atoms with E-state index < -0.39 is 17.5 Å². The molecule has 3 N–H and O–H groups in total. The van der Waals surface area contributed by atoms with Crippen molar-refractivity contribution in [1.82, 2.24) is 5.32 Å². The number of halogens is 3. The highest BCUT2D eigenvalue weighted by atomic mass is 19.4. The van der Waals surface area contributed by atoms with Crippen LogP contribution >= 0.6 is 0 Å². The van der Waals surface area contributed by atoms with Crippen molar-refractivity contribution < 1.29 is 18.0 Å². The van der Waals surface area contributed by atoms with E-state index in [1.54, 1.807) is 13.8 Å². The number of hydrogen-bond donors (Lipinski definition) is 2. The average Bonchev–Trinajstić information content (AvgIpc) is 2.28. The molecule has 1 rings (SSSR count). The summed E-state index contributed by atoms with van der Waals surface area (Å²) in [7, 11) is 0. The molecule has 3 nitrogen and oxygen atoms in total. The summed E-state index contributed by atoms with van der Waals surface area (Å²) < 4.78 is 37.9. The number of carbonyl (C=O) groups excluding carboxylic acids is 1. The van der Waals surface area contributed by atoms with Gasteiger partial charge >= 0.3 is 6.18 Å². The van der Waals surface area contributed by atoms with Crippen LogP contribution in [0.1, 0.15) is 39.5 Å². The molecule has 0 radical (unpaired) electrons. The molecule has 1 amide bonds. The Kier molecular flexibility index (Phi) is 4.64. The van der Waals surface area contributed by atoms with E-state index in [0.717, 1.165) is 0 Å². The smallest absolute Gasteiger partial charge is 0.353 e. The minimum absolute atomic E-state index is 0.0180. The maximum Gasteiger partial charge on any atom is 0.391 e. The van der Waals surface area contributed by atoms with Crippen molar-refractivity contribution in [2.45, 2.75) is 51.7 Å². The van der Waals surface area contributed by atoms with Crippen LogP contribution in [0.15, 0.2) is 0 Å². The quantitative estimate of drug-likeness (QED) is 0.823.